The van der Waals surface area contributed by atoms with Crippen molar-refractivity contribution in [2.75, 3.05) is 63.7 Å². The minimum absolute atomic E-state index is 0.0773. The Hall–Kier alpha value is -6.90. The summed E-state index contributed by atoms with van der Waals surface area (Å²) >= 11 is 0. The third-order valence-electron chi connectivity index (χ3n) is 11.3. The van der Waals surface area contributed by atoms with Gasteiger partial charge in [-0.3, -0.25) is 39.4 Å². The number of anilines is 2. The fourth-order valence-electron chi connectivity index (χ4n) is 8.35. The Morgan fingerprint density at radius 2 is 1.64 bits per heavy atom. The molecule has 2 aromatic carbocycles. The predicted octanol–water partition coefficient (Wildman–Crippen LogP) is 3.89. The van der Waals surface area contributed by atoms with Crippen LogP contribution in [0, 0.1) is 13.8 Å². The van der Waals surface area contributed by atoms with Crippen LogP contribution < -0.4 is 31.2 Å². The Bertz CT molecular complexity index is 2770. The van der Waals surface area contributed by atoms with Crippen LogP contribution in [0.1, 0.15) is 79.3 Å². The number of aldehydes is 1. The highest BCUT2D eigenvalue weighted by Crippen LogP contribution is 2.33. The van der Waals surface area contributed by atoms with Crippen LogP contribution >= 0.6 is 0 Å². The van der Waals surface area contributed by atoms with Crippen molar-refractivity contribution in [3.05, 3.63) is 82.3 Å². The van der Waals surface area contributed by atoms with Gasteiger partial charge in [0.05, 0.1) is 42.7 Å². The van der Waals surface area contributed by atoms with Crippen molar-refractivity contribution >= 4 is 58.0 Å². The number of ether oxygens (including phenoxy) is 3. The lowest BCUT2D eigenvalue weighted by atomic mass is 9.92. The number of fused-ring (bicyclic) bond motifs is 2. The van der Waals surface area contributed by atoms with E-state index in [2.05, 4.69) is 30.9 Å². The van der Waals surface area contributed by atoms with Gasteiger partial charge in [-0.25, -0.2) is 15.0 Å². The monoisotopic (exact) mass is 876 g/mol. The number of rotatable bonds is 18. The molecule has 64 heavy (non-hydrogen) atoms. The molecule has 8 rings (SSSR count). The topological polar surface area (TPSA) is 241 Å². The Labute approximate surface area is 368 Å². The van der Waals surface area contributed by atoms with E-state index >= 15 is 0 Å². The van der Waals surface area contributed by atoms with Crippen molar-refractivity contribution in [3.8, 4) is 11.5 Å². The van der Waals surface area contributed by atoms with Crippen molar-refractivity contribution in [3.63, 3.8) is 0 Å². The van der Waals surface area contributed by atoms with Gasteiger partial charge in [0, 0.05) is 70.4 Å². The number of hydrogen-bond acceptors (Lipinski definition) is 14. The molecule has 20 nitrogen and oxygen atoms in total. The number of carbonyl (C=O) groups is 4. The summed E-state index contributed by atoms with van der Waals surface area (Å²) in [6.45, 7) is 13.4. The average Bonchev–Trinajstić information content (AvgIpc) is 4.05. The second kappa shape index (κ2) is 18.4. The molecule has 0 saturated carbocycles. The molecule has 1 spiro atoms. The number of methoxy groups -OCH3 is 1. The molecule has 2 aliphatic rings. The third kappa shape index (κ3) is 8.84. The molecule has 0 aliphatic carbocycles. The molecule has 0 radical (unpaired) electrons. The molecule has 5 N–H and O–H groups in total. The first-order valence-electron chi connectivity index (χ1n) is 21.3. The van der Waals surface area contributed by atoms with Gasteiger partial charge >= 0.3 is 0 Å². The SMILES string of the molecule is CCc1nc(C)oc1C(=O)Nc1nc2cc(C=O)cc(OCCCN3CC4(CNCCO4)C3)c2n1C/C=C/Cn1c(NC(=O)c2cc(C)nn2CC)nc2cc(C(N)=O)cc(OC)c21. The highest BCUT2D eigenvalue weighted by molar-refractivity contribution is 6.05. The van der Waals surface area contributed by atoms with Crippen LogP contribution in [0.3, 0.4) is 0 Å². The predicted molar refractivity (Wildman–Crippen MR) is 236 cm³/mol. The second-order valence-electron chi connectivity index (χ2n) is 15.9. The molecule has 0 unspecified atom stereocenters. The minimum Gasteiger partial charge on any atom is -0.494 e. The Morgan fingerprint density at radius 3 is 2.28 bits per heavy atom. The number of likely N-dealkylation sites (tertiary alicyclic amines) is 1. The number of aromatic nitrogens is 7. The highest BCUT2D eigenvalue weighted by atomic mass is 16.5. The number of imidazole rings is 2. The summed E-state index contributed by atoms with van der Waals surface area (Å²) in [5, 5.41) is 13.7. The standard InChI is InChI=1S/C44H52N12O8/c1-6-30-38(64-27(4)47-30)41(60)51-43-48-31-18-28(22-57)19-35(62-15-10-12-53-24-44(25-53)23-46-11-16-63-44)37(31)55(43)14-9-8-13-54-36-32(20-29(39(45)58)21-34(36)61-5)49-42(54)50-40(59)33-17-26(3)52-56(33)7-2/h8-9,17-22,46H,6-7,10-16,23-25H2,1-5H3,(H2,45,58)(H,48,51,60)(H,49,50,59)/b9-8+. The molecule has 6 aromatic rings. The second-order valence-corrected chi connectivity index (χ2v) is 15.9. The molecule has 0 atom stereocenters. The van der Waals surface area contributed by atoms with Crippen LogP contribution in [0.4, 0.5) is 11.9 Å². The Balaban J connectivity index is 1.10. The highest BCUT2D eigenvalue weighted by Gasteiger charge is 2.44. The van der Waals surface area contributed by atoms with E-state index in [0.29, 0.717) is 88.3 Å². The van der Waals surface area contributed by atoms with Crippen molar-refractivity contribution in [2.45, 2.75) is 65.8 Å². The number of nitrogens with two attached hydrogens (primary N) is 1. The zero-order chi connectivity index (χ0) is 45.1. The van der Waals surface area contributed by atoms with Gasteiger partial charge < -0.3 is 38.8 Å². The number of oxazole rings is 1. The summed E-state index contributed by atoms with van der Waals surface area (Å²) in [6, 6.07) is 8.07. The zero-order valence-electron chi connectivity index (χ0n) is 36.5. The third-order valence-corrected chi connectivity index (χ3v) is 11.3. The lowest BCUT2D eigenvalue weighted by molar-refractivity contribution is -0.156. The van der Waals surface area contributed by atoms with Crippen molar-refractivity contribution in [1.29, 1.82) is 0 Å². The molecule has 0 bridgehead atoms. The summed E-state index contributed by atoms with van der Waals surface area (Å²) < 4.78 is 29.0. The smallest absolute Gasteiger partial charge is 0.295 e. The molecule has 4 aromatic heterocycles. The number of benzene rings is 2. The number of morpholine rings is 1. The molecule has 2 aliphatic heterocycles. The zero-order valence-corrected chi connectivity index (χ0v) is 36.5. The fraction of sp³-hybridized carbons (Fsp3) is 0.409. The molecule has 2 fully saturated rings. The summed E-state index contributed by atoms with van der Waals surface area (Å²) in [5.41, 5.74) is 9.49. The first kappa shape index (κ1) is 43.7. The number of nitrogens with zero attached hydrogens (tertiary/aromatic N) is 8. The van der Waals surface area contributed by atoms with Gasteiger partial charge in [-0.15, -0.1) is 0 Å². The van der Waals surface area contributed by atoms with E-state index in [-0.39, 0.29) is 41.9 Å². The van der Waals surface area contributed by atoms with E-state index in [4.69, 9.17) is 34.3 Å². The fourth-order valence-corrected chi connectivity index (χ4v) is 8.35. The maximum absolute atomic E-state index is 13.8. The summed E-state index contributed by atoms with van der Waals surface area (Å²) in [7, 11) is 1.47. The number of aryl methyl sites for hydroxylation is 4. The molecule has 2 saturated heterocycles. The van der Waals surface area contributed by atoms with Crippen LogP contribution in [-0.2, 0) is 30.8 Å². The molecule has 336 valence electrons. The molecule has 6 heterocycles. The number of allylic oxidation sites excluding steroid dienone is 2. The normalized spacial score (nSPS) is 15.0. The number of carbonyl (C=O) groups excluding carboxylic acids is 4. The van der Waals surface area contributed by atoms with Crippen molar-refractivity contribution in [2.24, 2.45) is 5.73 Å². The van der Waals surface area contributed by atoms with Crippen molar-refractivity contribution < 1.29 is 37.8 Å². The van der Waals surface area contributed by atoms with Crippen LogP contribution in [0.15, 0.2) is 46.9 Å². The number of primary amides is 1. The number of amides is 3. The van der Waals surface area contributed by atoms with E-state index in [1.165, 1.54) is 13.2 Å². The van der Waals surface area contributed by atoms with Gasteiger partial charge in [0.2, 0.25) is 23.6 Å². The Morgan fingerprint density at radius 1 is 0.938 bits per heavy atom. The molecule has 3 amide bonds. The van der Waals surface area contributed by atoms with Crippen LogP contribution in [0.2, 0.25) is 0 Å². The lowest BCUT2D eigenvalue weighted by Gasteiger charge is -2.51. The van der Waals surface area contributed by atoms with Gasteiger partial charge in [0.1, 0.15) is 40.1 Å². The first-order valence-corrected chi connectivity index (χ1v) is 21.3. The van der Waals surface area contributed by atoms with Gasteiger partial charge in [0.25, 0.3) is 11.8 Å². The summed E-state index contributed by atoms with van der Waals surface area (Å²) in [4.78, 5) is 68.1. The van der Waals surface area contributed by atoms with Gasteiger partial charge in [-0.1, -0.05) is 19.1 Å². The van der Waals surface area contributed by atoms with E-state index < -0.39 is 17.7 Å². The molecule has 20 heteroatoms. The van der Waals surface area contributed by atoms with Gasteiger partial charge in [-0.05, 0) is 57.0 Å². The maximum atomic E-state index is 13.8. The largest absolute Gasteiger partial charge is 0.494 e. The van der Waals surface area contributed by atoms with E-state index in [9.17, 15) is 19.2 Å². The average molecular weight is 877 g/mol. The maximum Gasteiger partial charge on any atom is 0.295 e. The molecular weight excluding hydrogens is 825 g/mol. The summed E-state index contributed by atoms with van der Waals surface area (Å²) in [5.74, 6) is -0.0710. The van der Waals surface area contributed by atoms with Gasteiger partial charge in [-0.2, -0.15) is 5.10 Å². The number of hydrogen-bond donors (Lipinski definition) is 4. The lowest BCUT2D eigenvalue weighted by Crippen LogP contribution is -2.69. The van der Waals surface area contributed by atoms with Crippen LogP contribution in [0.25, 0.3) is 22.1 Å². The summed E-state index contributed by atoms with van der Waals surface area (Å²) in [6.07, 6.45) is 5.65. The van der Waals surface area contributed by atoms with E-state index in [1.54, 1.807) is 51.9 Å². The van der Waals surface area contributed by atoms with Crippen molar-refractivity contribution in [1.82, 2.24) is 44.1 Å². The van der Waals surface area contributed by atoms with Crippen LogP contribution in [-0.4, -0.2) is 121 Å². The Kier molecular flexibility index (Phi) is 12.6. The van der Waals surface area contributed by atoms with E-state index in [0.717, 1.165) is 45.4 Å². The van der Waals surface area contributed by atoms with Gasteiger partial charge in [0.15, 0.2) is 5.89 Å². The number of nitrogens with one attached hydrogen (secondary N) is 3. The van der Waals surface area contributed by atoms with E-state index in [1.807, 2.05) is 26.0 Å². The molecular formula is C44H52N12O8. The van der Waals surface area contributed by atoms with Crippen LogP contribution in [0.5, 0.6) is 11.5 Å². The minimum atomic E-state index is -0.664. The first-order chi connectivity index (χ1) is 30.9. The quantitative estimate of drug-likeness (QED) is 0.0545.